The second-order valence-electron chi connectivity index (χ2n) is 3.96. The van der Waals surface area contributed by atoms with E-state index >= 15 is 0 Å². The molecule has 1 aromatic heterocycles. The van der Waals surface area contributed by atoms with E-state index in [1.807, 2.05) is 29.7 Å². The minimum atomic E-state index is 0.0220. The summed E-state index contributed by atoms with van der Waals surface area (Å²) in [5.74, 6) is 0.459. The van der Waals surface area contributed by atoms with Gasteiger partial charge in [0.05, 0.1) is 11.0 Å². The maximum absolute atomic E-state index is 11.5. The van der Waals surface area contributed by atoms with Crippen LogP contribution in [-0.4, -0.2) is 22.0 Å². The number of hydrogen-bond donors (Lipinski definition) is 2. The highest BCUT2D eigenvalue weighted by Crippen LogP contribution is 2.22. The van der Waals surface area contributed by atoms with Crippen molar-refractivity contribution in [2.75, 3.05) is 12.3 Å². The van der Waals surface area contributed by atoms with Crippen molar-refractivity contribution in [1.29, 1.82) is 0 Å². The number of benzene rings is 1. The molecule has 1 heterocycles. The van der Waals surface area contributed by atoms with E-state index < -0.39 is 0 Å². The SMILES string of the molecule is CCNC(=O)CCn1c(N)nc2ccc(Br)cc21. The van der Waals surface area contributed by atoms with Gasteiger partial charge in [-0.15, -0.1) is 0 Å². The summed E-state index contributed by atoms with van der Waals surface area (Å²) >= 11 is 3.42. The van der Waals surface area contributed by atoms with Crippen molar-refractivity contribution in [1.82, 2.24) is 14.9 Å². The molecule has 5 nitrogen and oxygen atoms in total. The Bertz CT molecular complexity index is 579. The Morgan fingerprint density at radius 3 is 3.06 bits per heavy atom. The summed E-state index contributed by atoms with van der Waals surface area (Å²) < 4.78 is 2.82. The van der Waals surface area contributed by atoms with Gasteiger partial charge in [-0.2, -0.15) is 0 Å². The number of amides is 1. The summed E-state index contributed by atoms with van der Waals surface area (Å²) in [6, 6.07) is 5.78. The molecule has 0 aliphatic carbocycles. The Labute approximate surface area is 113 Å². The highest BCUT2D eigenvalue weighted by molar-refractivity contribution is 9.10. The van der Waals surface area contributed by atoms with Crippen LogP contribution in [0.25, 0.3) is 11.0 Å². The number of anilines is 1. The average Bonchev–Trinajstić information content (AvgIpc) is 2.62. The number of carbonyl (C=O) groups is 1. The molecule has 0 aliphatic heterocycles. The topological polar surface area (TPSA) is 72.9 Å². The van der Waals surface area contributed by atoms with Gasteiger partial charge in [0.15, 0.2) is 0 Å². The van der Waals surface area contributed by atoms with Crippen molar-refractivity contribution < 1.29 is 4.79 Å². The predicted octanol–water partition coefficient (Wildman–Crippen LogP) is 1.91. The summed E-state index contributed by atoms with van der Waals surface area (Å²) in [4.78, 5) is 15.7. The lowest BCUT2D eigenvalue weighted by Gasteiger charge is -2.06. The molecular formula is C12H15BrN4O. The van der Waals surface area contributed by atoms with E-state index in [2.05, 4.69) is 26.2 Å². The fraction of sp³-hybridized carbons (Fsp3) is 0.333. The zero-order chi connectivity index (χ0) is 13.1. The third kappa shape index (κ3) is 2.64. The fourth-order valence-electron chi connectivity index (χ4n) is 1.85. The molecule has 18 heavy (non-hydrogen) atoms. The molecule has 0 radical (unpaired) electrons. The standard InChI is InChI=1S/C12H15BrN4O/c1-2-15-11(18)5-6-17-10-7-8(13)3-4-9(10)16-12(17)14/h3-4,7H,2,5-6H2,1H3,(H2,14,16)(H,15,18). The molecule has 1 aromatic carbocycles. The van der Waals surface area contributed by atoms with Crippen LogP contribution in [0.4, 0.5) is 5.95 Å². The Kier molecular flexibility index (Phi) is 3.86. The first-order valence-corrected chi connectivity index (χ1v) is 6.59. The number of aryl methyl sites for hydroxylation is 1. The van der Waals surface area contributed by atoms with E-state index in [1.54, 1.807) is 0 Å². The molecule has 0 atom stereocenters. The maximum Gasteiger partial charge on any atom is 0.221 e. The van der Waals surface area contributed by atoms with Gasteiger partial charge in [-0.1, -0.05) is 15.9 Å². The minimum absolute atomic E-state index is 0.0220. The summed E-state index contributed by atoms with van der Waals surface area (Å²) in [5.41, 5.74) is 7.64. The lowest BCUT2D eigenvalue weighted by atomic mass is 10.3. The van der Waals surface area contributed by atoms with Gasteiger partial charge in [0.25, 0.3) is 0 Å². The highest BCUT2D eigenvalue weighted by Gasteiger charge is 2.09. The largest absolute Gasteiger partial charge is 0.369 e. The minimum Gasteiger partial charge on any atom is -0.369 e. The van der Waals surface area contributed by atoms with E-state index in [0.29, 0.717) is 25.5 Å². The van der Waals surface area contributed by atoms with E-state index in [-0.39, 0.29) is 5.91 Å². The smallest absolute Gasteiger partial charge is 0.221 e. The molecule has 0 saturated carbocycles. The molecule has 0 spiro atoms. The Balaban J connectivity index is 2.24. The van der Waals surface area contributed by atoms with Gasteiger partial charge < -0.3 is 15.6 Å². The molecule has 0 aliphatic rings. The van der Waals surface area contributed by atoms with E-state index in [4.69, 9.17) is 5.73 Å². The van der Waals surface area contributed by atoms with Crippen LogP contribution in [0.5, 0.6) is 0 Å². The first-order chi connectivity index (χ1) is 8.61. The van der Waals surface area contributed by atoms with Crippen molar-refractivity contribution in [3.8, 4) is 0 Å². The molecule has 96 valence electrons. The van der Waals surface area contributed by atoms with Crippen LogP contribution in [0.2, 0.25) is 0 Å². The number of aromatic nitrogens is 2. The monoisotopic (exact) mass is 310 g/mol. The van der Waals surface area contributed by atoms with Crippen LogP contribution in [0.1, 0.15) is 13.3 Å². The molecule has 6 heteroatoms. The van der Waals surface area contributed by atoms with Crippen LogP contribution in [0.3, 0.4) is 0 Å². The number of nitrogens with zero attached hydrogens (tertiary/aromatic N) is 2. The third-order valence-electron chi connectivity index (χ3n) is 2.68. The molecule has 0 unspecified atom stereocenters. The van der Waals surface area contributed by atoms with Crippen molar-refractivity contribution in [3.63, 3.8) is 0 Å². The first kappa shape index (κ1) is 12.9. The molecule has 2 aromatic rings. The van der Waals surface area contributed by atoms with Gasteiger partial charge >= 0.3 is 0 Å². The van der Waals surface area contributed by atoms with Crippen molar-refractivity contribution in [2.45, 2.75) is 19.9 Å². The second-order valence-corrected chi connectivity index (χ2v) is 4.87. The number of nitrogens with two attached hydrogens (primary N) is 1. The van der Waals surface area contributed by atoms with E-state index in [1.165, 1.54) is 0 Å². The quantitative estimate of drug-likeness (QED) is 0.906. The van der Waals surface area contributed by atoms with Crippen LogP contribution < -0.4 is 11.1 Å². The van der Waals surface area contributed by atoms with Crippen LogP contribution in [0.15, 0.2) is 22.7 Å². The first-order valence-electron chi connectivity index (χ1n) is 5.79. The fourth-order valence-corrected chi connectivity index (χ4v) is 2.20. The van der Waals surface area contributed by atoms with Gasteiger partial charge in [0.2, 0.25) is 11.9 Å². The van der Waals surface area contributed by atoms with Crippen molar-refractivity contribution in [3.05, 3.63) is 22.7 Å². The highest BCUT2D eigenvalue weighted by atomic mass is 79.9. The van der Waals surface area contributed by atoms with Crippen molar-refractivity contribution in [2.24, 2.45) is 0 Å². The maximum atomic E-state index is 11.5. The zero-order valence-electron chi connectivity index (χ0n) is 10.1. The number of carbonyl (C=O) groups excluding carboxylic acids is 1. The summed E-state index contributed by atoms with van der Waals surface area (Å²) in [6.45, 7) is 3.07. The van der Waals surface area contributed by atoms with Crippen LogP contribution in [0, 0.1) is 0 Å². The zero-order valence-corrected chi connectivity index (χ0v) is 11.7. The van der Waals surface area contributed by atoms with Gasteiger partial charge in [-0.05, 0) is 25.1 Å². The summed E-state index contributed by atoms with van der Waals surface area (Å²) in [5, 5.41) is 2.76. The second kappa shape index (κ2) is 5.39. The van der Waals surface area contributed by atoms with Gasteiger partial charge in [0, 0.05) is 24.0 Å². The lowest BCUT2D eigenvalue weighted by Crippen LogP contribution is -2.24. The summed E-state index contributed by atoms with van der Waals surface area (Å²) in [7, 11) is 0. The van der Waals surface area contributed by atoms with Crippen molar-refractivity contribution >= 4 is 38.8 Å². The Hall–Kier alpha value is -1.56. The molecule has 0 bridgehead atoms. The molecule has 2 rings (SSSR count). The van der Waals surface area contributed by atoms with Gasteiger partial charge in [-0.25, -0.2) is 4.98 Å². The normalized spacial score (nSPS) is 10.8. The number of halogens is 1. The molecule has 3 N–H and O–H groups in total. The number of fused-ring (bicyclic) bond motifs is 1. The molecule has 1 amide bonds. The van der Waals surface area contributed by atoms with Crippen LogP contribution >= 0.6 is 15.9 Å². The van der Waals surface area contributed by atoms with E-state index in [9.17, 15) is 4.79 Å². The predicted molar refractivity (Wildman–Crippen MR) is 75.1 cm³/mol. The van der Waals surface area contributed by atoms with Crippen LogP contribution in [-0.2, 0) is 11.3 Å². The van der Waals surface area contributed by atoms with E-state index in [0.717, 1.165) is 15.5 Å². The number of nitrogen functional groups attached to an aromatic ring is 1. The number of nitrogens with one attached hydrogen (secondary N) is 1. The number of imidazole rings is 1. The lowest BCUT2D eigenvalue weighted by molar-refractivity contribution is -0.121. The average molecular weight is 311 g/mol. The summed E-state index contributed by atoms with van der Waals surface area (Å²) in [6.07, 6.45) is 0.399. The third-order valence-corrected chi connectivity index (χ3v) is 3.17. The van der Waals surface area contributed by atoms with Gasteiger partial charge in [0.1, 0.15) is 0 Å². The molecule has 0 saturated heterocycles. The Morgan fingerprint density at radius 1 is 1.56 bits per heavy atom. The number of rotatable bonds is 4. The number of hydrogen-bond acceptors (Lipinski definition) is 3. The Morgan fingerprint density at radius 2 is 2.33 bits per heavy atom. The van der Waals surface area contributed by atoms with Gasteiger partial charge in [-0.3, -0.25) is 4.79 Å². The molecule has 0 fully saturated rings. The molecular weight excluding hydrogens is 296 g/mol.